The molecule has 0 aromatic heterocycles. The fourth-order valence-corrected chi connectivity index (χ4v) is 1.95. The first-order chi connectivity index (χ1) is 6.77. The standard InChI is InChI=1S/C12H16N2/c1-14(2)13-12-9-5-7-10-6-3-4-8-11(10)12/h3-4,6,8H,5,7,9H2,1-2H3/b13-12-. The Morgan fingerprint density at radius 2 is 1.93 bits per heavy atom. The summed E-state index contributed by atoms with van der Waals surface area (Å²) in [4.78, 5) is 0. The van der Waals surface area contributed by atoms with Crippen LogP contribution in [0.2, 0.25) is 0 Å². The number of rotatable bonds is 1. The van der Waals surface area contributed by atoms with E-state index in [1.807, 2.05) is 19.1 Å². The van der Waals surface area contributed by atoms with Crippen molar-refractivity contribution in [2.75, 3.05) is 14.1 Å². The van der Waals surface area contributed by atoms with Crippen LogP contribution in [0.5, 0.6) is 0 Å². The number of hydrazone groups is 1. The van der Waals surface area contributed by atoms with Crippen LogP contribution in [0.1, 0.15) is 24.0 Å². The molecule has 1 aliphatic rings. The lowest BCUT2D eigenvalue weighted by Crippen LogP contribution is -2.15. The number of hydrogen-bond donors (Lipinski definition) is 0. The Bertz CT molecular complexity index is 353. The molecule has 0 saturated carbocycles. The van der Waals surface area contributed by atoms with Crippen LogP contribution in [-0.4, -0.2) is 24.8 Å². The molecular weight excluding hydrogens is 172 g/mol. The lowest BCUT2D eigenvalue weighted by Gasteiger charge is -2.19. The zero-order valence-corrected chi connectivity index (χ0v) is 8.83. The Morgan fingerprint density at radius 3 is 2.71 bits per heavy atom. The molecule has 1 aliphatic carbocycles. The van der Waals surface area contributed by atoms with Crippen LogP contribution in [0.3, 0.4) is 0 Å². The number of nitrogens with zero attached hydrogens (tertiary/aromatic N) is 2. The van der Waals surface area contributed by atoms with Crippen LogP contribution in [0, 0.1) is 0 Å². The van der Waals surface area contributed by atoms with Gasteiger partial charge in [-0.15, -0.1) is 0 Å². The summed E-state index contributed by atoms with van der Waals surface area (Å²) in [5, 5.41) is 6.41. The molecule has 0 N–H and O–H groups in total. The van der Waals surface area contributed by atoms with Gasteiger partial charge in [0.1, 0.15) is 0 Å². The molecule has 0 spiro atoms. The highest BCUT2D eigenvalue weighted by molar-refractivity contribution is 6.02. The number of fused-ring (bicyclic) bond motifs is 1. The van der Waals surface area contributed by atoms with Gasteiger partial charge in [-0.3, -0.25) is 0 Å². The van der Waals surface area contributed by atoms with Crippen LogP contribution < -0.4 is 0 Å². The zero-order valence-electron chi connectivity index (χ0n) is 8.83. The van der Waals surface area contributed by atoms with Gasteiger partial charge in [-0.1, -0.05) is 24.3 Å². The van der Waals surface area contributed by atoms with Gasteiger partial charge in [-0.2, -0.15) is 5.10 Å². The first-order valence-corrected chi connectivity index (χ1v) is 5.10. The van der Waals surface area contributed by atoms with E-state index in [4.69, 9.17) is 0 Å². The summed E-state index contributed by atoms with van der Waals surface area (Å²) in [5.74, 6) is 0. The third-order valence-electron chi connectivity index (χ3n) is 2.51. The molecule has 1 aromatic carbocycles. The SMILES string of the molecule is CN(C)/N=C1/CCCc2ccccc21. The Labute approximate surface area is 85.2 Å². The molecule has 74 valence electrons. The van der Waals surface area contributed by atoms with Crippen molar-refractivity contribution < 1.29 is 0 Å². The summed E-state index contributed by atoms with van der Waals surface area (Å²) in [7, 11) is 3.95. The topological polar surface area (TPSA) is 15.6 Å². The lowest BCUT2D eigenvalue weighted by atomic mass is 9.90. The highest BCUT2D eigenvalue weighted by Gasteiger charge is 2.14. The van der Waals surface area contributed by atoms with E-state index in [0.717, 1.165) is 6.42 Å². The highest BCUT2D eigenvalue weighted by Crippen LogP contribution is 2.21. The van der Waals surface area contributed by atoms with Crippen molar-refractivity contribution in [1.29, 1.82) is 0 Å². The normalized spacial score (nSPS) is 18.0. The van der Waals surface area contributed by atoms with E-state index >= 15 is 0 Å². The maximum Gasteiger partial charge on any atom is 0.0680 e. The predicted octanol–water partition coefficient (Wildman–Crippen LogP) is 2.29. The smallest absolute Gasteiger partial charge is 0.0680 e. The molecule has 0 saturated heterocycles. The summed E-state index contributed by atoms with van der Waals surface area (Å²) < 4.78 is 0. The molecule has 0 amide bonds. The number of hydrogen-bond acceptors (Lipinski definition) is 2. The van der Waals surface area contributed by atoms with Gasteiger partial charge in [0, 0.05) is 19.7 Å². The van der Waals surface area contributed by atoms with Crippen molar-refractivity contribution in [2.24, 2.45) is 5.10 Å². The van der Waals surface area contributed by atoms with E-state index in [2.05, 4.69) is 29.4 Å². The van der Waals surface area contributed by atoms with E-state index in [0.29, 0.717) is 0 Å². The van der Waals surface area contributed by atoms with Gasteiger partial charge in [0.2, 0.25) is 0 Å². The number of aryl methyl sites for hydroxylation is 1. The second-order valence-electron chi connectivity index (χ2n) is 3.90. The van der Waals surface area contributed by atoms with Crippen molar-refractivity contribution in [2.45, 2.75) is 19.3 Å². The van der Waals surface area contributed by atoms with Crippen molar-refractivity contribution >= 4 is 5.71 Å². The van der Waals surface area contributed by atoms with Crippen LogP contribution in [0.25, 0.3) is 0 Å². The third-order valence-corrected chi connectivity index (χ3v) is 2.51. The summed E-state index contributed by atoms with van der Waals surface area (Å²) in [6, 6.07) is 8.59. The maximum atomic E-state index is 4.53. The van der Waals surface area contributed by atoms with Crippen LogP contribution in [0.15, 0.2) is 29.4 Å². The molecule has 0 bridgehead atoms. The second-order valence-corrected chi connectivity index (χ2v) is 3.90. The van der Waals surface area contributed by atoms with E-state index in [9.17, 15) is 0 Å². The molecule has 2 rings (SSSR count). The second kappa shape index (κ2) is 3.82. The van der Waals surface area contributed by atoms with Crippen molar-refractivity contribution in [3.05, 3.63) is 35.4 Å². The average molecular weight is 188 g/mol. The number of benzene rings is 1. The van der Waals surface area contributed by atoms with Gasteiger partial charge >= 0.3 is 0 Å². The van der Waals surface area contributed by atoms with Crippen LogP contribution >= 0.6 is 0 Å². The average Bonchev–Trinajstić information content (AvgIpc) is 2.18. The van der Waals surface area contributed by atoms with E-state index in [-0.39, 0.29) is 0 Å². The molecule has 0 atom stereocenters. The molecule has 0 aliphatic heterocycles. The van der Waals surface area contributed by atoms with E-state index < -0.39 is 0 Å². The Hall–Kier alpha value is -1.31. The summed E-state index contributed by atoms with van der Waals surface area (Å²) >= 11 is 0. The minimum Gasteiger partial charge on any atom is -0.303 e. The van der Waals surface area contributed by atoms with Gasteiger partial charge in [-0.05, 0) is 24.8 Å². The lowest BCUT2D eigenvalue weighted by molar-refractivity contribution is 0.435. The third kappa shape index (κ3) is 1.79. The fourth-order valence-electron chi connectivity index (χ4n) is 1.95. The molecule has 0 fully saturated rings. The molecule has 1 aromatic rings. The van der Waals surface area contributed by atoms with Gasteiger partial charge in [-0.25, -0.2) is 0 Å². The molecular formula is C12H16N2. The Kier molecular flexibility index (Phi) is 2.53. The highest BCUT2D eigenvalue weighted by atomic mass is 15.4. The molecule has 0 heterocycles. The van der Waals surface area contributed by atoms with Crippen molar-refractivity contribution in [1.82, 2.24) is 5.01 Å². The fraction of sp³-hybridized carbons (Fsp3) is 0.417. The zero-order chi connectivity index (χ0) is 9.97. The van der Waals surface area contributed by atoms with Crippen molar-refractivity contribution in [3.8, 4) is 0 Å². The minimum atomic E-state index is 1.11. The van der Waals surface area contributed by atoms with Gasteiger partial charge < -0.3 is 5.01 Å². The quantitative estimate of drug-likeness (QED) is 0.617. The van der Waals surface area contributed by atoms with Gasteiger partial charge in [0.25, 0.3) is 0 Å². The van der Waals surface area contributed by atoms with Crippen LogP contribution in [0.4, 0.5) is 0 Å². The van der Waals surface area contributed by atoms with Gasteiger partial charge in [0.05, 0.1) is 5.71 Å². The Morgan fingerprint density at radius 1 is 1.14 bits per heavy atom. The van der Waals surface area contributed by atoms with Gasteiger partial charge in [0.15, 0.2) is 0 Å². The maximum absolute atomic E-state index is 4.53. The summed E-state index contributed by atoms with van der Waals surface area (Å²) in [6.45, 7) is 0. The largest absolute Gasteiger partial charge is 0.303 e. The Balaban J connectivity index is 2.40. The molecule has 2 heteroatoms. The molecule has 0 radical (unpaired) electrons. The molecule has 14 heavy (non-hydrogen) atoms. The minimum absolute atomic E-state index is 1.11. The summed E-state index contributed by atoms with van der Waals surface area (Å²) in [5.41, 5.74) is 4.02. The van der Waals surface area contributed by atoms with Crippen molar-refractivity contribution in [3.63, 3.8) is 0 Å². The molecule has 2 nitrogen and oxygen atoms in total. The monoisotopic (exact) mass is 188 g/mol. The first kappa shape index (κ1) is 9.25. The predicted molar refractivity (Wildman–Crippen MR) is 59.6 cm³/mol. The first-order valence-electron chi connectivity index (χ1n) is 5.10. The van der Waals surface area contributed by atoms with E-state index in [1.54, 1.807) is 0 Å². The van der Waals surface area contributed by atoms with Crippen LogP contribution in [-0.2, 0) is 6.42 Å². The van der Waals surface area contributed by atoms with E-state index in [1.165, 1.54) is 29.7 Å². The molecule has 0 unspecified atom stereocenters. The summed E-state index contributed by atoms with van der Waals surface area (Å²) in [6.07, 6.45) is 3.53.